The number of hydrogen-bond donors (Lipinski definition) is 1. The summed E-state index contributed by atoms with van der Waals surface area (Å²) < 4.78 is 10.9. The molecule has 140 valence electrons. The van der Waals surface area contributed by atoms with E-state index in [4.69, 9.17) is 20.8 Å². The standard InChI is InChI=1S/C22H17ClN2O3/c23-21-9-2-1-6-17(21)15-28-19-7-3-5-16(12-19)11-18(13-24)22(26)25-14-20-8-4-10-27-20/h1-12H,14-15H2,(H,25,26)/b18-11+. The van der Waals surface area contributed by atoms with E-state index in [9.17, 15) is 10.1 Å². The van der Waals surface area contributed by atoms with Crippen LogP contribution in [0.3, 0.4) is 0 Å². The lowest BCUT2D eigenvalue weighted by molar-refractivity contribution is -0.117. The lowest BCUT2D eigenvalue weighted by Crippen LogP contribution is -2.23. The van der Waals surface area contributed by atoms with E-state index in [1.807, 2.05) is 24.3 Å². The van der Waals surface area contributed by atoms with Gasteiger partial charge in [-0.3, -0.25) is 4.79 Å². The third kappa shape index (κ3) is 5.26. The monoisotopic (exact) mass is 392 g/mol. The van der Waals surface area contributed by atoms with Crippen LogP contribution < -0.4 is 10.1 Å². The molecular weight excluding hydrogens is 376 g/mol. The smallest absolute Gasteiger partial charge is 0.262 e. The van der Waals surface area contributed by atoms with Gasteiger partial charge in [-0.25, -0.2) is 0 Å². The highest BCUT2D eigenvalue weighted by molar-refractivity contribution is 6.31. The molecule has 0 atom stereocenters. The van der Waals surface area contributed by atoms with Gasteiger partial charge in [-0.05, 0) is 42.0 Å². The van der Waals surface area contributed by atoms with E-state index < -0.39 is 5.91 Å². The molecule has 0 aliphatic heterocycles. The molecule has 1 heterocycles. The second-order valence-electron chi connectivity index (χ2n) is 5.88. The van der Waals surface area contributed by atoms with Crippen molar-refractivity contribution in [3.63, 3.8) is 0 Å². The molecule has 0 saturated carbocycles. The maximum absolute atomic E-state index is 12.2. The maximum atomic E-state index is 12.2. The summed E-state index contributed by atoms with van der Waals surface area (Å²) in [5.41, 5.74) is 1.55. The number of hydrogen-bond acceptors (Lipinski definition) is 4. The molecule has 5 nitrogen and oxygen atoms in total. The molecular formula is C22H17ClN2O3. The van der Waals surface area contributed by atoms with Gasteiger partial charge in [0, 0.05) is 10.6 Å². The van der Waals surface area contributed by atoms with Crippen LogP contribution in [0, 0.1) is 11.3 Å². The van der Waals surface area contributed by atoms with E-state index >= 15 is 0 Å². The highest BCUT2D eigenvalue weighted by Gasteiger charge is 2.10. The van der Waals surface area contributed by atoms with Gasteiger partial charge in [0.05, 0.1) is 12.8 Å². The molecule has 0 saturated heterocycles. The van der Waals surface area contributed by atoms with Crippen molar-refractivity contribution in [2.24, 2.45) is 0 Å². The minimum atomic E-state index is -0.471. The van der Waals surface area contributed by atoms with Gasteiger partial charge in [-0.2, -0.15) is 5.26 Å². The second-order valence-corrected chi connectivity index (χ2v) is 6.29. The third-order valence-corrected chi connectivity index (χ3v) is 4.26. The summed E-state index contributed by atoms with van der Waals surface area (Å²) in [7, 11) is 0. The zero-order valence-corrected chi connectivity index (χ0v) is 15.6. The van der Waals surface area contributed by atoms with E-state index in [0.717, 1.165) is 5.56 Å². The average molecular weight is 393 g/mol. The predicted octanol–water partition coefficient (Wildman–Crippen LogP) is 4.74. The Balaban J connectivity index is 1.66. The SMILES string of the molecule is N#C/C(=C\c1cccc(OCc2ccccc2Cl)c1)C(=O)NCc1ccco1. The number of carbonyl (C=O) groups excluding carboxylic acids is 1. The largest absolute Gasteiger partial charge is 0.489 e. The van der Waals surface area contributed by atoms with Gasteiger partial charge in [0.1, 0.15) is 29.8 Å². The number of halogens is 1. The molecule has 1 N–H and O–H groups in total. The van der Waals surface area contributed by atoms with Gasteiger partial charge in [0.15, 0.2) is 0 Å². The van der Waals surface area contributed by atoms with Crippen LogP contribution in [0.1, 0.15) is 16.9 Å². The number of nitrogens with one attached hydrogen (secondary N) is 1. The maximum Gasteiger partial charge on any atom is 0.262 e. The van der Waals surface area contributed by atoms with Crippen molar-refractivity contribution in [3.8, 4) is 11.8 Å². The van der Waals surface area contributed by atoms with Crippen molar-refractivity contribution >= 4 is 23.6 Å². The predicted molar refractivity (Wildman–Crippen MR) is 106 cm³/mol. The molecule has 0 fully saturated rings. The van der Waals surface area contributed by atoms with Crippen molar-refractivity contribution in [2.75, 3.05) is 0 Å². The highest BCUT2D eigenvalue weighted by atomic mass is 35.5. The molecule has 2 aromatic carbocycles. The Hall–Kier alpha value is -3.49. The Morgan fingerprint density at radius 2 is 2.04 bits per heavy atom. The quantitative estimate of drug-likeness (QED) is 0.465. The highest BCUT2D eigenvalue weighted by Crippen LogP contribution is 2.20. The van der Waals surface area contributed by atoms with Crippen LogP contribution in [0.5, 0.6) is 5.75 Å². The zero-order valence-electron chi connectivity index (χ0n) is 14.9. The molecule has 0 unspecified atom stereocenters. The number of furan rings is 1. The molecule has 1 amide bonds. The van der Waals surface area contributed by atoms with Gasteiger partial charge in [0.2, 0.25) is 0 Å². The Bertz CT molecular complexity index is 1020. The molecule has 28 heavy (non-hydrogen) atoms. The van der Waals surface area contributed by atoms with Crippen LogP contribution in [-0.4, -0.2) is 5.91 Å². The minimum absolute atomic E-state index is 0.00481. The fraction of sp³-hybridized carbons (Fsp3) is 0.0909. The fourth-order valence-corrected chi connectivity index (χ4v) is 2.65. The summed E-state index contributed by atoms with van der Waals surface area (Å²) in [5, 5.41) is 12.6. The van der Waals surface area contributed by atoms with Gasteiger partial charge in [-0.15, -0.1) is 0 Å². The van der Waals surface area contributed by atoms with E-state index in [2.05, 4.69) is 5.32 Å². The first kappa shape index (κ1) is 19.3. The van der Waals surface area contributed by atoms with Crippen molar-refractivity contribution in [3.05, 3.63) is 94.4 Å². The minimum Gasteiger partial charge on any atom is -0.489 e. The Labute approximate surface area is 167 Å². The summed E-state index contributed by atoms with van der Waals surface area (Å²) in [6.07, 6.45) is 3.04. The van der Waals surface area contributed by atoms with Gasteiger partial charge in [-0.1, -0.05) is 41.9 Å². The van der Waals surface area contributed by atoms with Gasteiger partial charge < -0.3 is 14.5 Å². The Morgan fingerprint density at radius 1 is 1.18 bits per heavy atom. The van der Waals surface area contributed by atoms with Crippen LogP contribution in [0.25, 0.3) is 6.08 Å². The van der Waals surface area contributed by atoms with E-state index in [1.54, 1.807) is 42.5 Å². The Morgan fingerprint density at radius 3 is 2.79 bits per heavy atom. The van der Waals surface area contributed by atoms with Crippen LogP contribution in [-0.2, 0) is 17.9 Å². The molecule has 0 aliphatic carbocycles. The summed E-state index contributed by atoms with van der Waals surface area (Å²) in [6, 6.07) is 20.0. The molecule has 3 rings (SSSR count). The summed E-state index contributed by atoms with van der Waals surface area (Å²) in [4.78, 5) is 12.2. The topological polar surface area (TPSA) is 75.3 Å². The van der Waals surface area contributed by atoms with Crippen LogP contribution >= 0.6 is 11.6 Å². The van der Waals surface area contributed by atoms with Crippen molar-refractivity contribution in [1.29, 1.82) is 5.26 Å². The van der Waals surface area contributed by atoms with Gasteiger partial charge >= 0.3 is 0 Å². The first-order valence-electron chi connectivity index (χ1n) is 8.54. The number of rotatable bonds is 7. The number of ether oxygens (including phenoxy) is 1. The molecule has 1 aromatic heterocycles. The van der Waals surface area contributed by atoms with Crippen LogP contribution in [0.4, 0.5) is 0 Å². The third-order valence-electron chi connectivity index (χ3n) is 3.89. The lowest BCUT2D eigenvalue weighted by atomic mass is 10.1. The van der Waals surface area contributed by atoms with Crippen molar-refractivity contribution in [1.82, 2.24) is 5.32 Å². The number of nitriles is 1. The van der Waals surface area contributed by atoms with E-state index in [1.165, 1.54) is 12.3 Å². The van der Waals surface area contributed by atoms with Crippen molar-refractivity contribution in [2.45, 2.75) is 13.2 Å². The second kappa shape index (κ2) is 9.45. The lowest BCUT2D eigenvalue weighted by Gasteiger charge is -2.08. The molecule has 0 bridgehead atoms. The fourth-order valence-electron chi connectivity index (χ4n) is 2.46. The number of carbonyl (C=O) groups is 1. The van der Waals surface area contributed by atoms with Gasteiger partial charge in [0.25, 0.3) is 5.91 Å². The van der Waals surface area contributed by atoms with E-state index in [-0.39, 0.29) is 12.1 Å². The Kier molecular flexibility index (Phi) is 6.50. The summed E-state index contributed by atoms with van der Waals surface area (Å²) in [5.74, 6) is 0.754. The molecule has 0 spiro atoms. The number of amides is 1. The van der Waals surface area contributed by atoms with E-state index in [0.29, 0.717) is 28.7 Å². The molecule has 3 aromatic rings. The normalized spacial score (nSPS) is 10.9. The zero-order chi connectivity index (χ0) is 19.8. The summed E-state index contributed by atoms with van der Waals surface area (Å²) >= 11 is 6.13. The van der Waals surface area contributed by atoms with Crippen LogP contribution in [0.2, 0.25) is 5.02 Å². The number of nitrogens with zero attached hydrogens (tertiary/aromatic N) is 1. The van der Waals surface area contributed by atoms with Crippen molar-refractivity contribution < 1.29 is 13.9 Å². The average Bonchev–Trinajstić information content (AvgIpc) is 3.23. The molecule has 0 radical (unpaired) electrons. The first-order valence-corrected chi connectivity index (χ1v) is 8.92. The first-order chi connectivity index (χ1) is 13.7. The molecule has 6 heteroatoms. The van der Waals surface area contributed by atoms with Crippen LogP contribution in [0.15, 0.2) is 76.9 Å². The number of benzene rings is 2. The summed E-state index contributed by atoms with van der Waals surface area (Å²) in [6.45, 7) is 0.535. The molecule has 0 aliphatic rings.